The normalized spacial score (nSPS) is 11.2. The van der Waals surface area contributed by atoms with E-state index >= 15 is 0 Å². The minimum absolute atomic E-state index is 0.171. The molecule has 0 radical (unpaired) electrons. The van der Waals surface area contributed by atoms with Gasteiger partial charge < -0.3 is 15.2 Å². The fraction of sp³-hybridized carbons (Fsp3) is 0.111. The molecular weight excluding hydrogens is 326 g/mol. The van der Waals surface area contributed by atoms with Gasteiger partial charge in [-0.25, -0.2) is 14.4 Å². The molecule has 2 aromatic rings. The van der Waals surface area contributed by atoms with Gasteiger partial charge in [-0.15, -0.1) is 0 Å². The first-order valence-corrected chi connectivity index (χ1v) is 7.34. The molecule has 7 nitrogen and oxygen atoms in total. The van der Waals surface area contributed by atoms with Crippen LogP contribution < -0.4 is 5.73 Å². The lowest BCUT2D eigenvalue weighted by Crippen LogP contribution is -2.36. The maximum Gasteiger partial charge on any atom is 0.345 e. The SMILES string of the molecule is N[C@@H](CC(=O)OC(=O)c1ccccc1)C(=O)OC(=O)c1ccccc1. The Labute approximate surface area is 143 Å². The van der Waals surface area contributed by atoms with Gasteiger partial charge in [-0.3, -0.25) is 4.79 Å². The third-order valence-electron chi connectivity index (χ3n) is 3.11. The number of ether oxygens (including phenoxy) is 2. The van der Waals surface area contributed by atoms with E-state index in [-0.39, 0.29) is 11.1 Å². The Morgan fingerprint density at radius 3 is 1.68 bits per heavy atom. The third kappa shape index (κ3) is 5.36. The summed E-state index contributed by atoms with van der Waals surface area (Å²) in [5.41, 5.74) is 5.88. The van der Waals surface area contributed by atoms with Gasteiger partial charge in [0.2, 0.25) is 0 Å². The van der Waals surface area contributed by atoms with Crippen molar-refractivity contribution in [2.45, 2.75) is 12.5 Å². The molecule has 0 unspecified atom stereocenters. The predicted octanol–water partition coefficient (Wildman–Crippen LogP) is 1.47. The average Bonchev–Trinajstić information content (AvgIpc) is 2.62. The van der Waals surface area contributed by atoms with Crippen LogP contribution in [0.25, 0.3) is 0 Å². The second-order valence-corrected chi connectivity index (χ2v) is 5.01. The summed E-state index contributed by atoms with van der Waals surface area (Å²) >= 11 is 0. The molecule has 128 valence electrons. The van der Waals surface area contributed by atoms with Gasteiger partial charge in [-0.2, -0.15) is 0 Å². The first-order valence-electron chi connectivity index (χ1n) is 7.34. The minimum Gasteiger partial charge on any atom is -0.389 e. The molecule has 0 amide bonds. The Hall–Kier alpha value is -3.32. The van der Waals surface area contributed by atoms with Crippen molar-refractivity contribution < 1.29 is 28.7 Å². The third-order valence-corrected chi connectivity index (χ3v) is 3.11. The van der Waals surface area contributed by atoms with Gasteiger partial charge in [-0.05, 0) is 24.3 Å². The Balaban J connectivity index is 1.85. The zero-order valence-corrected chi connectivity index (χ0v) is 13.1. The number of rotatable bonds is 5. The fourth-order valence-electron chi connectivity index (χ4n) is 1.84. The van der Waals surface area contributed by atoms with Crippen LogP contribution in [0.4, 0.5) is 0 Å². The first-order chi connectivity index (χ1) is 12.0. The molecule has 0 fully saturated rings. The van der Waals surface area contributed by atoms with Gasteiger partial charge in [0.05, 0.1) is 17.5 Å². The monoisotopic (exact) mass is 341 g/mol. The van der Waals surface area contributed by atoms with Crippen molar-refractivity contribution in [2.24, 2.45) is 5.73 Å². The summed E-state index contributed by atoms with van der Waals surface area (Å²) in [4.78, 5) is 46.9. The molecule has 0 bridgehead atoms. The van der Waals surface area contributed by atoms with Crippen LogP contribution in [0.5, 0.6) is 0 Å². The molecule has 1 atom stereocenters. The topological polar surface area (TPSA) is 113 Å². The van der Waals surface area contributed by atoms with E-state index in [1.807, 2.05) is 0 Å². The highest BCUT2D eigenvalue weighted by Gasteiger charge is 2.24. The molecule has 25 heavy (non-hydrogen) atoms. The van der Waals surface area contributed by atoms with Gasteiger partial charge >= 0.3 is 23.9 Å². The lowest BCUT2D eigenvalue weighted by atomic mass is 10.2. The summed E-state index contributed by atoms with van der Waals surface area (Å²) in [6, 6.07) is 14.3. The van der Waals surface area contributed by atoms with E-state index in [1.165, 1.54) is 24.3 Å². The largest absolute Gasteiger partial charge is 0.389 e. The molecule has 0 saturated carbocycles. The number of nitrogens with two attached hydrogens (primary N) is 1. The number of carbonyl (C=O) groups is 4. The van der Waals surface area contributed by atoms with Crippen LogP contribution in [0.15, 0.2) is 60.7 Å². The van der Waals surface area contributed by atoms with Crippen LogP contribution in [0.2, 0.25) is 0 Å². The molecule has 0 heterocycles. The molecule has 0 aromatic heterocycles. The molecule has 2 aromatic carbocycles. The van der Waals surface area contributed by atoms with Gasteiger partial charge in [-0.1, -0.05) is 36.4 Å². The molecule has 7 heteroatoms. The number of hydrogen-bond acceptors (Lipinski definition) is 7. The fourth-order valence-corrected chi connectivity index (χ4v) is 1.84. The summed E-state index contributed by atoms with van der Waals surface area (Å²) in [6.45, 7) is 0. The van der Waals surface area contributed by atoms with Crippen molar-refractivity contribution in [1.29, 1.82) is 0 Å². The van der Waals surface area contributed by atoms with E-state index in [1.54, 1.807) is 36.4 Å². The van der Waals surface area contributed by atoms with Crippen LogP contribution in [0.1, 0.15) is 27.1 Å². The van der Waals surface area contributed by atoms with Crippen molar-refractivity contribution in [1.82, 2.24) is 0 Å². The van der Waals surface area contributed by atoms with Gasteiger partial charge in [0.1, 0.15) is 6.04 Å². The molecule has 2 rings (SSSR count). The Kier molecular flexibility index (Phi) is 6.14. The van der Waals surface area contributed by atoms with Crippen molar-refractivity contribution in [2.75, 3.05) is 0 Å². The van der Waals surface area contributed by atoms with Crippen molar-refractivity contribution in [3.63, 3.8) is 0 Å². The molecule has 0 saturated heterocycles. The number of esters is 4. The Morgan fingerprint density at radius 2 is 1.20 bits per heavy atom. The van der Waals surface area contributed by atoms with Crippen LogP contribution in [-0.2, 0) is 19.1 Å². The van der Waals surface area contributed by atoms with E-state index in [4.69, 9.17) is 5.73 Å². The smallest absolute Gasteiger partial charge is 0.345 e. The number of benzene rings is 2. The molecule has 0 aliphatic carbocycles. The highest BCUT2D eigenvalue weighted by molar-refractivity contribution is 6.00. The maximum atomic E-state index is 11.8. The zero-order valence-electron chi connectivity index (χ0n) is 13.1. The summed E-state index contributed by atoms with van der Waals surface area (Å²) < 4.78 is 9.19. The highest BCUT2D eigenvalue weighted by Crippen LogP contribution is 2.06. The van der Waals surface area contributed by atoms with E-state index in [0.29, 0.717) is 0 Å². The maximum absolute atomic E-state index is 11.8. The van der Waals surface area contributed by atoms with Crippen molar-refractivity contribution in [3.8, 4) is 0 Å². The quantitative estimate of drug-likeness (QED) is 0.647. The van der Waals surface area contributed by atoms with Gasteiger partial charge in [0.15, 0.2) is 0 Å². The van der Waals surface area contributed by atoms with E-state index in [2.05, 4.69) is 9.47 Å². The summed E-state index contributed by atoms with van der Waals surface area (Å²) in [7, 11) is 0. The number of carbonyl (C=O) groups excluding carboxylic acids is 4. The first kappa shape index (κ1) is 18.0. The lowest BCUT2D eigenvalue weighted by molar-refractivity contribution is -0.146. The van der Waals surface area contributed by atoms with Crippen LogP contribution in [-0.4, -0.2) is 29.9 Å². The predicted molar refractivity (Wildman–Crippen MR) is 86.3 cm³/mol. The summed E-state index contributed by atoms with van der Waals surface area (Å²) in [6.07, 6.45) is -0.598. The van der Waals surface area contributed by atoms with Gasteiger partial charge in [0.25, 0.3) is 0 Å². The van der Waals surface area contributed by atoms with Crippen LogP contribution in [0, 0.1) is 0 Å². The molecule has 0 aliphatic heterocycles. The molecule has 0 spiro atoms. The summed E-state index contributed by atoms with van der Waals surface area (Å²) in [5, 5.41) is 0. The average molecular weight is 341 g/mol. The molecular formula is C18H15NO6. The second-order valence-electron chi connectivity index (χ2n) is 5.01. The molecule has 0 aliphatic rings. The summed E-state index contributed by atoms with van der Waals surface area (Å²) in [5.74, 6) is -3.82. The van der Waals surface area contributed by atoms with Crippen molar-refractivity contribution in [3.05, 3.63) is 71.8 Å². The minimum atomic E-state index is -1.43. The van der Waals surface area contributed by atoms with Crippen molar-refractivity contribution >= 4 is 23.9 Å². The van der Waals surface area contributed by atoms with Crippen LogP contribution >= 0.6 is 0 Å². The van der Waals surface area contributed by atoms with E-state index in [0.717, 1.165) is 0 Å². The number of hydrogen-bond donors (Lipinski definition) is 1. The standard InChI is InChI=1S/C18H15NO6/c19-14(18(23)25-17(22)13-9-5-2-6-10-13)11-15(20)24-16(21)12-7-3-1-4-8-12/h1-10,14H,11,19H2/t14-/m0/s1. The van der Waals surface area contributed by atoms with Gasteiger partial charge in [0, 0.05) is 0 Å². The Bertz CT molecular complexity index is 773. The second kappa shape index (κ2) is 8.51. The Morgan fingerprint density at radius 1 is 0.760 bits per heavy atom. The lowest BCUT2D eigenvalue weighted by Gasteiger charge is -2.09. The van der Waals surface area contributed by atoms with Crippen LogP contribution in [0.3, 0.4) is 0 Å². The highest BCUT2D eigenvalue weighted by atomic mass is 16.6. The van der Waals surface area contributed by atoms with E-state index < -0.39 is 36.3 Å². The molecule has 2 N–H and O–H groups in total. The zero-order chi connectivity index (χ0) is 18.2. The van der Waals surface area contributed by atoms with E-state index in [9.17, 15) is 19.2 Å².